The van der Waals surface area contributed by atoms with E-state index in [0.29, 0.717) is 40.1 Å². The zero-order valence-electron chi connectivity index (χ0n) is 21.9. The van der Waals surface area contributed by atoms with Crippen LogP contribution in [0, 0.1) is 0 Å². The number of hydrogen-bond acceptors (Lipinski definition) is 9. The minimum atomic E-state index is -1.17. The standard InChI is InChI=1S/C26H32ClN7O5/c1-26(2,3)39-25(38)30-12-4-5-18(23(36)37)32-22(35)14-6-9-16(10-7-14)31-13-15-8-11-17-19(20(15)27)21(28)34-24(29)33-17/h6-11,18,31H,4-5,12-13H2,1-3H3,(H,30,38)(H,32,35)(H,36,37)(H4,28,29,33,34)/t18-/m0/s1. The number of carboxylic acids is 1. The number of ether oxygens (including phenoxy) is 1. The number of alkyl carbamates (subject to hydrolysis) is 1. The molecule has 0 fully saturated rings. The van der Waals surface area contributed by atoms with Gasteiger partial charge in [0.2, 0.25) is 5.95 Å². The largest absolute Gasteiger partial charge is 0.480 e. The third-order valence-corrected chi connectivity index (χ3v) is 5.93. The third kappa shape index (κ3) is 8.34. The smallest absolute Gasteiger partial charge is 0.407 e. The van der Waals surface area contributed by atoms with Gasteiger partial charge in [-0.3, -0.25) is 4.79 Å². The molecule has 3 aromatic rings. The van der Waals surface area contributed by atoms with Crippen molar-refractivity contribution in [3.63, 3.8) is 0 Å². The van der Waals surface area contributed by atoms with Gasteiger partial charge < -0.3 is 37.3 Å². The lowest BCUT2D eigenvalue weighted by atomic mass is 10.1. The van der Waals surface area contributed by atoms with Crippen molar-refractivity contribution in [1.29, 1.82) is 0 Å². The maximum absolute atomic E-state index is 12.6. The summed E-state index contributed by atoms with van der Waals surface area (Å²) >= 11 is 6.52. The molecule has 0 saturated heterocycles. The second-order valence-corrected chi connectivity index (χ2v) is 10.1. The van der Waals surface area contributed by atoms with Gasteiger partial charge in [0, 0.05) is 24.3 Å². The molecule has 0 unspecified atom stereocenters. The van der Waals surface area contributed by atoms with Gasteiger partial charge in [0.15, 0.2) is 0 Å². The average Bonchev–Trinajstić information content (AvgIpc) is 2.84. The number of carbonyl (C=O) groups is 3. The van der Waals surface area contributed by atoms with Gasteiger partial charge in [0.25, 0.3) is 5.91 Å². The highest BCUT2D eigenvalue weighted by molar-refractivity contribution is 6.37. The van der Waals surface area contributed by atoms with E-state index >= 15 is 0 Å². The molecule has 1 heterocycles. The summed E-state index contributed by atoms with van der Waals surface area (Å²) in [6.45, 7) is 5.81. The lowest BCUT2D eigenvalue weighted by molar-refractivity contribution is -0.139. The highest BCUT2D eigenvalue weighted by atomic mass is 35.5. The number of nitrogens with two attached hydrogens (primary N) is 2. The van der Waals surface area contributed by atoms with Gasteiger partial charge in [-0.2, -0.15) is 4.98 Å². The Bertz CT molecular complexity index is 1360. The number of carbonyl (C=O) groups excluding carboxylic acids is 2. The zero-order chi connectivity index (χ0) is 28.7. The number of aliphatic carboxylic acids is 1. The van der Waals surface area contributed by atoms with E-state index in [4.69, 9.17) is 27.8 Å². The number of hydrogen-bond donors (Lipinski definition) is 6. The van der Waals surface area contributed by atoms with Crippen LogP contribution in [-0.4, -0.2) is 51.2 Å². The number of nitrogens with one attached hydrogen (secondary N) is 3. The number of fused-ring (bicyclic) bond motifs is 1. The van der Waals surface area contributed by atoms with Crippen LogP contribution in [0.15, 0.2) is 36.4 Å². The van der Waals surface area contributed by atoms with Crippen LogP contribution in [0.4, 0.5) is 22.2 Å². The van der Waals surface area contributed by atoms with Crippen molar-refractivity contribution in [3.05, 3.63) is 52.5 Å². The first-order valence-electron chi connectivity index (χ1n) is 12.2. The first-order valence-corrected chi connectivity index (χ1v) is 12.6. The SMILES string of the molecule is CC(C)(C)OC(=O)NCCC[C@H](NC(=O)c1ccc(NCc2ccc3nc(N)nc(N)c3c2Cl)cc1)C(=O)O. The molecule has 0 aliphatic heterocycles. The van der Waals surface area contributed by atoms with Gasteiger partial charge in [-0.1, -0.05) is 17.7 Å². The third-order valence-electron chi connectivity index (χ3n) is 5.50. The van der Waals surface area contributed by atoms with E-state index in [9.17, 15) is 19.5 Å². The molecule has 208 valence electrons. The van der Waals surface area contributed by atoms with E-state index in [0.717, 1.165) is 5.56 Å². The van der Waals surface area contributed by atoms with Crippen molar-refractivity contribution >= 4 is 57.9 Å². The lowest BCUT2D eigenvalue weighted by Crippen LogP contribution is -2.41. The normalized spacial score (nSPS) is 12.0. The second-order valence-electron chi connectivity index (χ2n) is 9.77. The van der Waals surface area contributed by atoms with Crippen molar-refractivity contribution in [3.8, 4) is 0 Å². The molecule has 39 heavy (non-hydrogen) atoms. The second kappa shape index (κ2) is 12.5. The van der Waals surface area contributed by atoms with E-state index in [1.807, 2.05) is 0 Å². The van der Waals surface area contributed by atoms with E-state index in [-0.39, 0.29) is 24.7 Å². The first kappa shape index (κ1) is 29.2. The summed E-state index contributed by atoms with van der Waals surface area (Å²) in [5.74, 6) is -1.43. The molecule has 13 heteroatoms. The summed E-state index contributed by atoms with van der Waals surface area (Å²) in [5.41, 5.74) is 13.3. The molecule has 0 bridgehead atoms. The number of nitrogen functional groups attached to an aromatic ring is 2. The van der Waals surface area contributed by atoms with Crippen molar-refractivity contribution < 1.29 is 24.2 Å². The molecule has 2 aromatic carbocycles. The number of carboxylic acid groups (broad SMARTS) is 1. The summed E-state index contributed by atoms with van der Waals surface area (Å²) < 4.78 is 5.14. The van der Waals surface area contributed by atoms with Crippen molar-refractivity contribution in [1.82, 2.24) is 20.6 Å². The summed E-state index contributed by atoms with van der Waals surface area (Å²) in [6, 6.07) is 9.00. The number of rotatable bonds is 10. The Hall–Kier alpha value is -4.32. The summed E-state index contributed by atoms with van der Waals surface area (Å²) in [4.78, 5) is 44.1. The fourth-order valence-corrected chi connectivity index (χ4v) is 3.98. The fraction of sp³-hybridized carbons (Fsp3) is 0.346. The van der Waals surface area contributed by atoms with Crippen molar-refractivity contribution in [2.45, 2.75) is 51.8 Å². The van der Waals surface area contributed by atoms with Crippen LogP contribution in [-0.2, 0) is 16.1 Å². The Labute approximate surface area is 230 Å². The van der Waals surface area contributed by atoms with Crippen molar-refractivity contribution in [2.75, 3.05) is 23.3 Å². The highest BCUT2D eigenvalue weighted by Gasteiger charge is 2.21. The number of nitrogens with zero attached hydrogens (tertiary/aromatic N) is 2. The van der Waals surface area contributed by atoms with Gasteiger partial charge in [-0.15, -0.1) is 0 Å². The van der Waals surface area contributed by atoms with Gasteiger partial charge in [0.1, 0.15) is 17.5 Å². The quantitative estimate of drug-likeness (QED) is 0.201. The van der Waals surface area contributed by atoms with Crippen LogP contribution in [0.25, 0.3) is 10.9 Å². The highest BCUT2D eigenvalue weighted by Crippen LogP contribution is 2.31. The Balaban J connectivity index is 1.54. The number of anilines is 3. The van der Waals surface area contributed by atoms with E-state index < -0.39 is 29.6 Å². The molecule has 0 spiro atoms. The number of aromatic nitrogens is 2. The molecule has 0 saturated carbocycles. The molecule has 1 aromatic heterocycles. The maximum Gasteiger partial charge on any atom is 0.407 e. The maximum atomic E-state index is 12.6. The fourth-order valence-electron chi connectivity index (χ4n) is 3.66. The molecule has 0 aliphatic rings. The van der Waals surface area contributed by atoms with E-state index in [2.05, 4.69) is 25.9 Å². The van der Waals surface area contributed by atoms with Crippen LogP contribution in [0.5, 0.6) is 0 Å². The predicted molar refractivity (Wildman–Crippen MR) is 150 cm³/mol. The van der Waals surface area contributed by atoms with Gasteiger partial charge in [-0.25, -0.2) is 14.6 Å². The van der Waals surface area contributed by atoms with Crippen LogP contribution in [0.3, 0.4) is 0 Å². The van der Waals surface area contributed by atoms with Crippen LogP contribution in [0.2, 0.25) is 5.02 Å². The van der Waals surface area contributed by atoms with Gasteiger partial charge >= 0.3 is 12.1 Å². The van der Waals surface area contributed by atoms with Crippen LogP contribution >= 0.6 is 11.6 Å². The van der Waals surface area contributed by atoms with Gasteiger partial charge in [-0.05, 0) is 69.5 Å². The summed E-state index contributed by atoms with van der Waals surface area (Å²) in [5, 5.41) is 18.7. The van der Waals surface area contributed by atoms with Crippen molar-refractivity contribution in [2.24, 2.45) is 0 Å². The molecule has 1 atom stereocenters. The predicted octanol–water partition coefficient (Wildman–Crippen LogP) is 3.55. The topological polar surface area (TPSA) is 195 Å². The molecular formula is C26H32ClN7O5. The lowest BCUT2D eigenvalue weighted by Gasteiger charge is -2.20. The monoisotopic (exact) mass is 557 g/mol. The molecule has 12 nitrogen and oxygen atoms in total. The molecular weight excluding hydrogens is 526 g/mol. The summed E-state index contributed by atoms with van der Waals surface area (Å²) in [7, 11) is 0. The Morgan fingerprint density at radius 3 is 2.41 bits per heavy atom. The number of benzene rings is 2. The van der Waals surface area contributed by atoms with Crippen LogP contribution < -0.4 is 27.4 Å². The molecule has 0 radical (unpaired) electrons. The zero-order valence-corrected chi connectivity index (χ0v) is 22.6. The molecule has 8 N–H and O–H groups in total. The first-order chi connectivity index (χ1) is 18.3. The van der Waals surface area contributed by atoms with E-state index in [1.165, 1.54) is 0 Å². The summed E-state index contributed by atoms with van der Waals surface area (Å²) in [6.07, 6.45) is -0.120. The van der Waals surface area contributed by atoms with E-state index in [1.54, 1.807) is 57.2 Å². The number of halogens is 1. The molecule has 3 rings (SSSR count). The molecule has 0 aliphatic carbocycles. The number of amides is 2. The Morgan fingerprint density at radius 1 is 1.08 bits per heavy atom. The Kier molecular flexibility index (Phi) is 9.36. The minimum Gasteiger partial charge on any atom is -0.480 e. The molecule has 2 amide bonds. The van der Waals surface area contributed by atoms with Gasteiger partial charge in [0.05, 0.1) is 15.9 Å². The average molecular weight is 558 g/mol. The van der Waals surface area contributed by atoms with Crippen LogP contribution in [0.1, 0.15) is 49.5 Å². The Morgan fingerprint density at radius 2 is 1.77 bits per heavy atom. The minimum absolute atomic E-state index is 0.0657.